The molecule has 0 atom stereocenters. The molecule has 0 heterocycles. The standard InChI is InChI=1S/C5H12O4.H4N2/c6-1-5(2-7,3-8)4-9;1-2/h6-9H,1-4H2;1-2H2. The fourth-order valence-electron chi connectivity index (χ4n) is 0.300. The molecule has 0 aliphatic heterocycles. The summed E-state index contributed by atoms with van der Waals surface area (Å²) in [5.74, 6) is 8.00. The van der Waals surface area contributed by atoms with Gasteiger partial charge in [0, 0.05) is 0 Å². The van der Waals surface area contributed by atoms with Crippen molar-refractivity contribution >= 4 is 0 Å². The number of hydrogen-bond acceptors (Lipinski definition) is 6. The Morgan fingerprint density at radius 2 is 0.909 bits per heavy atom. The predicted molar refractivity (Wildman–Crippen MR) is 39.2 cm³/mol. The van der Waals surface area contributed by atoms with Crippen molar-refractivity contribution in [3.63, 3.8) is 0 Å². The third kappa shape index (κ3) is 4.25. The number of nitrogens with two attached hydrogens (primary N) is 2. The first-order valence-corrected chi connectivity index (χ1v) is 3.01. The van der Waals surface area contributed by atoms with Crippen LogP contribution in [0.1, 0.15) is 0 Å². The number of rotatable bonds is 4. The van der Waals surface area contributed by atoms with Gasteiger partial charge in [0.1, 0.15) is 0 Å². The van der Waals surface area contributed by atoms with Crippen molar-refractivity contribution in [2.24, 2.45) is 17.1 Å². The van der Waals surface area contributed by atoms with E-state index in [4.69, 9.17) is 20.4 Å². The van der Waals surface area contributed by atoms with Gasteiger partial charge in [0.2, 0.25) is 0 Å². The van der Waals surface area contributed by atoms with Crippen LogP contribution in [0.15, 0.2) is 0 Å². The monoisotopic (exact) mass is 168 g/mol. The molecule has 0 amide bonds. The minimum absolute atomic E-state index is 0.406. The van der Waals surface area contributed by atoms with Gasteiger partial charge in [-0.15, -0.1) is 0 Å². The van der Waals surface area contributed by atoms with Gasteiger partial charge in [-0.2, -0.15) is 0 Å². The molecule has 0 radical (unpaired) electrons. The Kier molecular flexibility index (Phi) is 9.55. The van der Waals surface area contributed by atoms with Crippen LogP contribution >= 0.6 is 0 Å². The summed E-state index contributed by atoms with van der Waals surface area (Å²) in [7, 11) is 0. The van der Waals surface area contributed by atoms with Gasteiger partial charge in [-0.1, -0.05) is 0 Å². The second-order valence-corrected chi connectivity index (χ2v) is 2.13. The molecule has 0 rings (SSSR count). The molecule has 0 spiro atoms. The Hall–Kier alpha value is -0.240. The predicted octanol–water partition coefficient (Wildman–Crippen LogP) is -3.24. The first-order valence-electron chi connectivity index (χ1n) is 3.01. The molecule has 6 nitrogen and oxygen atoms in total. The Morgan fingerprint density at radius 1 is 0.727 bits per heavy atom. The van der Waals surface area contributed by atoms with Crippen molar-refractivity contribution in [3.8, 4) is 0 Å². The highest BCUT2D eigenvalue weighted by Crippen LogP contribution is 2.11. The molecule has 11 heavy (non-hydrogen) atoms. The summed E-state index contributed by atoms with van der Waals surface area (Å²) >= 11 is 0. The van der Waals surface area contributed by atoms with Crippen LogP contribution in [0, 0.1) is 5.41 Å². The molecule has 0 aromatic carbocycles. The molecule has 8 N–H and O–H groups in total. The Balaban J connectivity index is 0. The highest BCUT2D eigenvalue weighted by atomic mass is 16.3. The van der Waals surface area contributed by atoms with Crippen molar-refractivity contribution in [2.75, 3.05) is 26.4 Å². The van der Waals surface area contributed by atoms with Crippen LogP contribution < -0.4 is 11.7 Å². The molecule has 70 valence electrons. The lowest BCUT2D eigenvalue weighted by Crippen LogP contribution is -2.37. The average molecular weight is 168 g/mol. The van der Waals surface area contributed by atoms with Crippen LogP contribution in [0.4, 0.5) is 0 Å². The lowest BCUT2D eigenvalue weighted by Gasteiger charge is -2.23. The first-order chi connectivity index (χ1) is 5.24. The van der Waals surface area contributed by atoms with Crippen LogP contribution in [-0.2, 0) is 0 Å². The summed E-state index contributed by atoms with van der Waals surface area (Å²) in [6.45, 7) is -1.62. The van der Waals surface area contributed by atoms with E-state index in [2.05, 4.69) is 11.7 Å². The molecule has 0 unspecified atom stereocenters. The fraction of sp³-hybridized carbons (Fsp3) is 1.00. The summed E-state index contributed by atoms with van der Waals surface area (Å²) in [5.41, 5.74) is -1.11. The number of hydrazine groups is 1. The third-order valence-electron chi connectivity index (χ3n) is 1.34. The lowest BCUT2D eigenvalue weighted by molar-refractivity contribution is -0.0328. The van der Waals surface area contributed by atoms with Crippen molar-refractivity contribution in [1.82, 2.24) is 0 Å². The Morgan fingerprint density at radius 3 is 0.909 bits per heavy atom. The summed E-state index contributed by atoms with van der Waals surface area (Å²) in [4.78, 5) is 0. The quantitative estimate of drug-likeness (QED) is 0.193. The highest BCUT2D eigenvalue weighted by Gasteiger charge is 2.26. The highest BCUT2D eigenvalue weighted by molar-refractivity contribution is 4.74. The van der Waals surface area contributed by atoms with E-state index in [-0.39, 0.29) is 0 Å². The van der Waals surface area contributed by atoms with Gasteiger partial charge in [0.15, 0.2) is 0 Å². The third-order valence-corrected chi connectivity index (χ3v) is 1.34. The number of hydrogen-bond donors (Lipinski definition) is 6. The van der Waals surface area contributed by atoms with Crippen molar-refractivity contribution < 1.29 is 20.4 Å². The van der Waals surface area contributed by atoms with Crippen molar-refractivity contribution in [3.05, 3.63) is 0 Å². The summed E-state index contributed by atoms with van der Waals surface area (Å²) in [6, 6.07) is 0. The van der Waals surface area contributed by atoms with Crippen LogP contribution in [-0.4, -0.2) is 46.9 Å². The lowest BCUT2D eigenvalue weighted by atomic mass is 9.93. The SMILES string of the molecule is NN.OCC(CO)(CO)CO. The van der Waals surface area contributed by atoms with Crippen molar-refractivity contribution in [1.29, 1.82) is 0 Å². The second kappa shape index (κ2) is 7.86. The van der Waals surface area contributed by atoms with E-state index in [1.165, 1.54) is 0 Å². The average Bonchev–Trinajstić information content (AvgIpc) is 2.13. The van der Waals surface area contributed by atoms with Crippen LogP contribution in [0.2, 0.25) is 0 Å². The molecular formula is C5H16N2O4. The van der Waals surface area contributed by atoms with Gasteiger partial charge in [0.25, 0.3) is 0 Å². The van der Waals surface area contributed by atoms with E-state index < -0.39 is 31.8 Å². The zero-order valence-electron chi connectivity index (χ0n) is 6.27. The minimum Gasteiger partial charge on any atom is -0.396 e. The molecule has 0 fully saturated rings. The fourth-order valence-corrected chi connectivity index (χ4v) is 0.300. The van der Waals surface area contributed by atoms with Gasteiger partial charge in [0.05, 0.1) is 31.8 Å². The molecule has 0 saturated carbocycles. The summed E-state index contributed by atoms with van der Waals surface area (Å²) < 4.78 is 0. The molecule has 0 saturated heterocycles. The van der Waals surface area contributed by atoms with E-state index in [1.54, 1.807) is 0 Å². The van der Waals surface area contributed by atoms with Gasteiger partial charge >= 0.3 is 0 Å². The van der Waals surface area contributed by atoms with E-state index in [0.29, 0.717) is 0 Å². The summed E-state index contributed by atoms with van der Waals surface area (Å²) in [6.07, 6.45) is 0. The van der Waals surface area contributed by atoms with Crippen molar-refractivity contribution in [2.45, 2.75) is 0 Å². The van der Waals surface area contributed by atoms with Crippen LogP contribution in [0.5, 0.6) is 0 Å². The molecule has 0 aromatic rings. The van der Waals surface area contributed by atoms with E-state index in [9.17, 15) is 0 Å². The van der Waals surface area contributed by atoms with Gasteiger partial charge in [-0.05, 0) is 0 Å². The van der Waals surface area contributed by atoms with E-state index in [0.717, 1.165) is 0 Å². The zero-order chi connectivity index (χ0) is 9.33. The van der Waals surface area contributed by atoms with Gasteiger partial charge in [-0.25, -0.2) is 0 Å². The van der Waals surface area contributed by atoms with Gasteiger partial charge in [-0.3, -0.25) is 11.7 Å². The smallest absolute Gasteiger partial charge is 0.0627 e. The van der Waals surface area contributed by atoms with E-state index in [1.807, 2.05) is 0 Å². The van der Waals surface area contributed by atoms with Crippen LogP contribution in [0.25, 0.3) is 0 Å². The molecule has 0 aromatic heterocycles. The zero-order valence-corrected chi connectivity index (χ0v) is 6.27. The van der Waals surface area contributed by atoms with E-state index >= 15 is 0 Å². The maximum atomic E-state index is 8.50. The maximum absolute atomic E-state index is 8.50. The Bertz CT molecular complexity index is 59.4. The second-order valence-electron chi connectivity index (χ2n) is 2.13. The molecule has 0 aliphatic rings. The van der Waals surface area contributed by atoms with Crippen LogP contribution in [0.3, 0.4) is 0 Å². The number of aliphatic hydroxyl groups excluding tert-OH is 4. The van der Waals surface area contributed by atoms with Gasteiger partial charge < -0.3 is 20.4 Å². The molecule has 0 aliphatic carbocycles. The molecule has 6 heteroatoms. The largest absolute Gasteiger partial charge is 0.396 e. The minimum atomic E-state index is -1.11. The number of aliphatic hydroxyl groups is 4. The molecule has 0 bridgehead atoms. The topological polar surface area (TPSA) is 133 Å². The molecular weight excluding hydrogens is 152 g/mol. The first kappa shape index (κ1) is 13.4. The summed E-state index contributed by atoms with van der Waals surface area (Å²) in [5, 5.41) is 34.0. The normalized spacial score (nSPS) is 10.4. The maximum Gasteiger partial charge on any atom is 0.0627 e. The Labute approximate surface area is 65.0 Å².